The molecule has 4 rings (SSSR count). The minimum absolute atomic E-state index is 0.0948. The third-order valence-corrected chi connectivity index (χ3v) is 5.44. The van der Waals surface area contributed by atoms with Gasteiger partial charge < -0.3 is 15.2 Å². The molecule has 2 N–H and O–H groups in total. The maximum atomic E-state index is 12.4. The fourth-order valence-electron chi connectivity index (χ4n) is 3.92. The number of hydrogen-bond donors (Lipinski definition) is 2. The standard InChI is InChI=1S/C25H20N2O4/c1-26-17-12-10-16(11-13-17)14-23(24(28)29)27-25(30)31-15-22-20-8-4-2-6-18(20)19-7-3-5-9-21(19)22/h2-13,22-23H,14-15H2,(H,27,30)(H,28,29)/t23-/m0/s1. The highest BCUT2D eigenvalue weighted by Gasteiger charge is 2.29. The number of carboxylic acids is 1. The lowest BCUT2D eigenvalue weighted by Gasteiger charge is -2.17. The number of carbonyl (C=O) groups is 2. The number of amides is 1. The van der Waals surface area contributed by atoms with Crippen LogP contribution in [0, 0.1) is 6.57 Å². The number of carbonyl (C=O) groups excluding carboxylic acids is 1. The first-order valence-corrected chi connectivity index (χ1v) is 9.87. The first-order valence-electron chi connectivity index (χ1n) is 9.87. The van der Waals surface area contributed by atoms with Gasteiger partial charge in [-0.15, -0.1) is 0 Å². The molecule has 0 fully saturated rings. The van der Waals surface area contributed by atoms with E-state index in [9.17, 15) is 14.7 Å². The maximum Gasteiger partial charge on any atom is 0.407 e. The quantitative estimate of drug-likeness (QED) is 0.572. The Bertz CT molecular complexity index is 1120. The highest BCUT2D eigenvalue weighted by atomic mass is 16.5. The van der Waals surface area contributed by atoms with Crippen molar-refractivity contribution < 1.29 is 19.4 Å². The number of fused-ring (bicyclic) bond motifs is 3. The summed E-state index contributed by atoms with van der Waals surface area (Å²) in [5.74, 6) is -1.25. The van der Waals surface area contributed by atoms with Gasteiger partial charge in [0, 0.05) is 12.3 Å². The van der Waals surface area contributed by atoms with Crippen LogP contribution >= 0.6 is 0 Å². The van der Waals surface area contributed by atoms with E-state index in [1.165, 1.54) is 0 Å². The molecule has 0 heterocycles. The highest BCUT2D eigenvalue weighted by molar-refractivity contribution is 5.81. The molecule has 0 aliphatic heterocycles. The second-order valence-corrected chi connectivity index (χ2v) is 7.34. The van der Waals surface area contributed by atoms with E-state index in [1.807, 2.05) is 48.5 Å². The second-order valence-electron chi connectivity index (χ2n) is 7.34. The van der Waals surface area contributed by atoms with E-state index in [0.717, 1.165) is 22.3 Å². The molecule has 1 aliphatic carbocycles. The normalized spacial score (nSPS) is 12.9. The van der Waals surface area contributed by atoms with Gasteiger partial charge in [0.15, 0.2) is 5.69 Å². The van der Waals surface area contributed by atoms with Crippen LogP contribution in [0.4, 0.5) is 10.5 Å². The van der Waals surface area contributed by atoms with Crippen LogP contribution in [-0.4, -0.2) is 29.8 Å². The van der Waals surface area contributed by atoms with Crippen molar-refractivity contribution >= 4 is 17.7 Å². The minimum atomic E-state index is -1.15. The summed E-state index contributed by atoms with van der Waals surface area (Å²) in [6, 6.07) is 21.5. The fraction of sp³-hybridized carbons (Fsp3) is 0.160. The molecule has 6 nitrogen and oxygen atoms in total. The van der Waals surface area contributed by atoms with Gasteiger partial charge in [-0.05, 0) is 27.8 Å². The van der Waals surface area contributed by atoms with Crippen molar-refractivity contribution in [2.24, 2.45) is 0 Å². The van der Waals surface area contributed by atoms with Gasteiger partial charge >= 0.3 is 12.1 Å². The average molecular weight is 412 g/mol. The van der Waals surface area contributed by atoms with Gasteiger partial charge in [-0.3, -0.25) is 0 Å². The summed E-state index contributed by atoms with van der Waals surface area (Å²) in [4.78, 5) is 27.3. The molecule has 1 aliphatic rings. The van der Waals surface area contributed by atoms with Crippen LogP contribution in [0.5, 0.6) is 0 Å². The van der Waals surface area contributed by atoms with E-state index >= 15 is 0 Å². The average Bonchev–Trinajstić information content (AvgIpc) is 3.11. The summed E-state index contributed by atoms with van der Waals surface area (Å²) in [6.45, 7) is 7.10. The van der Waals surface area contributed by atoms with E-state index in [2.05, 4.69) is 10.2 Å². The first kappa shape index (κ1) is 20.2. The van der Waals surface area contributed by atoms with Crippen molar-refractivity contribution in [1.82, 2.24) is 5.32 Å². The van der Waals surface area contributed by atoms with Gasteiger partial charge in [-0.2, -0.15) is 0 Å². The van der Waals surface area contributed by atoms with Gasteiger partial charge in [0.05, 0.1) is 6.57 Å². The van der Waals surface area contributed by atoms with Crippen molar-refractivity contribution in [2.45, 2.75) is 18.4 Å². The van der Waals surface area contributed by atoms with Crippen molar-refractivity contribution in [3.8, 4) is 11.1 Å². The molecule has 1 amide bonds. The number of carboxylic acid groups (broad SMARTS) is 1. The number of alkyl carbamates (subject to hydrolysis) is 1. The lowest BCUT2D eigenvalue weighted by atomic mass is 9.98. The lowest BCUT2D eigenvalue weighted by molar-refractivity contribution is -0.139. The Morgan fingerprint density at radius 1 is 0.968 bits per heavy atom. The third kappa shape index (κ3) is 4.26. The third-order valence-electron chi connectivity index (χ3n) is 5.44. The van der Waals surface area contributed by atoms with Gasteiger partial charge in [0.25, 0.3) is 0 Å². The zero-order valence-corrected chi connectivity index (χ0v) is 16.6. The molecular formula is C25H20N2O4. The summed E-state index contributed by atoms with van der Waals surface area (Å²) >= 11 is 0. The molecule has 154 valence electrons. The molecule has 31 heavy (non-hydrogen) atoms. The maximum absolute atomic E-state index is 12.4. The molecule has 0 spiro atoms. The van der Waals surface area contributed by atoms with Gasteiger partial charge in [-0.25, -0.2) is 14.4 Å². The van der Waals surface area contributed by atoms with Gasteiger partial charge in [-0.1, -0.05) is 72.8 Å². The molecule has 1 atom stereocenters. The Hall–Kier alpha value is -4.11. The van der Waals surface area contributed by atoms with Crippen LogP contribution in [0.1, 0.15) is 22.6 Å². The van der Waals surface area contributed by atoms with Gasteiger partial charge in [0.2, 0.25) is 0 Å². The number of nitrogens with zero attached hydrogens (tertiary/aromatic N) is 1. The minimum Gasteiger partial charge on any atom is -0.480 e. The van der Waals surface area contributed by atoms with Crippen LogP contribution < -0.4 is 5.32 Å². The van der Waals surface area contributed by atoms with Crippen molar-refractivity contribution in [3.63, 3.8) is 0 Å². The molecule has 6 heteroatoms. The summed E-state index contributed by atoms with van der Waals surface area (Å²) in [6.07, 6.45) is -0.676. The number of hydrogen-bond acceptors (Lipinski definition) is 3. The molecule has 0 saturated carbocycles. The Morgan fingerprint density at radius 2 is 1.55 bits per heavy atom. The number of benzene rings is 3. The second kappa shape index (κ2) is 8.72. The van der Waals surface area contributed by atoms with Crippen molar-refractivity contribution in [1.29, 1.82) is 0 Å². The molecule has 0 aromatic heterocycles. The van der Waals surface area contributed by atoms with Gasteiger partial charge in [0.1, 0.15) is 12.6 Å². The summed E-state index contributed by atoms with van der Waals surface area (Å²) in [5, 5.41) is 11.9. The first-order chi connectivity index (χ1) is 15.1. The number of rotatable bonds is 6. The van der Waals surface area contributed by atoms with Crippen LogP contribution in [0.25, 0.3) is 16.0 Å². The smallest absolute Gasteiger partial charge is 0.407 e. The topological polar surface area (TPSA) is 80.0 Å². The Balaban J connectivity index is 1.42. The monoisotopic (exact) mass is 412 g/mol. The van der Waals surface area contributed by atoms with E-state index in [0.29, 0.717) is 11.3 Å². The lowest BCUT2D eigenvalue weighted by Crippen LogP contribution is -2.42. The summed E-state index contributed by atoms with van der Waals surface area (Å²) in [7, 11) is 0. The van der Waals surface area contributed by atoms with Crippen molar-refractivity contribution in [2.75, 3.05) is 6.61 Å². The molecule has 0 saturated heterocycles. The van der Waals surface area contributed by atoms with Crippen LogP contribution in [-0.2, 0) is 16.0 Å². The predicted molar refractivity (Wildman–Crippen MR) is 116 cm³/mol. The SMILES string of the molecule is [C-]#[N+]c1ccc(C[C@H](NC(=O)OCC2c3ccccc3-c3ccccc32)C(=O)O)cc1. The zero-order valence-electron chi connectivity index (χ0n) is 16.6. The molecule has 3 aromatic carbocycles. The predicted octanol–water partition coefficient (Wildman–Crippen LogP) is 4.77. The van der Waals surface area contributed by atoms with Crippen LogP contribution in [0.15, 0.2) is 72.8 Å². The molecule has 0 unspecified atom stereocenters. The number of ether oxygens (including phenoxy) is 1. The van der Waals surface area contributed by atoms with Crippen molar-refractivity contribution in [3.05, 3.63) is 101 Å². The fourth-order valence-corrected chi connectivity index (χ4v) is 3.92. The van der Waals surface area contributed by atoms with Crippen LogP contribution in [0.3, 0.4) is 0 Å². The molecular weight excluding hydrogens is 392 g/mol. The Labute approximate surface area is 179 Å². The molecule has 3 aromatic rings. The summed E-state index contributed by atoms with van der Waals surface area (Å²) in [5.41, 5.74) is 5.60. The Kier molecular flexibility index (Phi) is 5.67. The van der Waals surface area contributed by atoms with E-state index in [1.54, 1.807) is 24.3 Å². The zero-order chi connectivity index (χ0) is 21.8. The largest absolute Gasteiger partial charge is 0.480 e. The van der Waals surface area contributed by atoms with E-state index in [4.69, 9.17) is 11.3 Å². The number of nitrogens with one attached hydrogen (secondary N) is 1. The van der Waals surface area contributed by atoms with E-state index in [-0.39, 0.29) is 18.9 Å². The van der Waals surface area contributed by atoms with E-state index < -0.39 is 18.1 Å². The molecule has 0 bridgehead atoms. The highest BCUT2D eigenvalue weighted by Crippen LogP contribution is 2.44. The number of aliphatic carboxylic acids is 1. The summed E-state index contributed by atoms with van der Waals surface area (Å²) < 4.78 is 5.44. The Morgan fingerprint density at radius 3 is 2.10 bits per heavy atom. The van der Waals surface area contributed by atoms with Crippen LogP contribution in [0.2, 0.25) is 0 Å². The molecule has 0 radical (unpaired) electrons.